The van der Waals surface area contributed by atoms with Crippen LogP contribution in [0.25, 0.3) is 10.4 Å². The Morgan fingerprint density at radius 2 is 1.96 bits per heavy atom. The zero-order valence-corrected chi connectivity index (χ0v) is 17.6. The summed E-state index contributed by atoms with van der Waals surface area (Å²) in [6, 6.07) is 11.2. The van der Waals surface area contributed by atoms with Crippen molar-refractivity contribution in [2.24, 2.45) is 0 Å². The van der Waals surface area contributed by atoms with E-state index in [1.54, 1.807) is 19.1 Å². The van der Waals surface area contributed by atoms with Gasteiger partial charge in [0.2, 0.25) is 5.91 Å². The van der Waals surface area contributed by atoms with Crippen LogP contribution in [0.5, 0.6) is 0 Å². The predicted molar refractivity (Wildman–Crippen MR) is 114 cm³/mol. The van der Waals surface area contributed by atoms with Crippen LogP contribution in [0.2, 0.25) is 5.02 Å². The van der Waals surface area contributed by atoms with Gasteiger partial charge in [-0.25, -0.2) is 4.79 Å². The molecule has 3 rings (SSSR count). The first kappa shape index (κ1) is 19.9. The van der Waals surface area contributed by atoms with Gasteiger partial charge in [0.25, 0.3) is 0 Å². The highest BCUT2D eigenvalue weighted by atomic mass is 35.5. The van der Waals surface area contributed by atoms with Crippen molar-refractivity contribution >= 4 is 62.9 Å². The largest absolute Gasteiger partial charge is 0.462 e. The van der Waals surface area contributed by atoms with Gasteiger partial charge in [-0.2, -0.15) is 0 Å². The highest BCUT2D eigenvalue weighted by Gasteiger charge is 2.23. The zero-order chi connectivity index (χ0) is 19.2. The summed E-state index contributed by atoms with van der Waals surface area (Å²) >= 11 is 10.1. The number of thiophene rings is 2. The van der Waals surface area contributed by atoms with Crippen LogP contribution in [0.4, 0.5) is 5.00 Å². The van der Waals surface area contributed by atoms with Crippen molar-refractivity contribution in [3.63, 3.8) is 0 Å². The molecule has 0 aliphatic rings. The van der Waals surface area contributed by atoms with Gasteiger partial charge < -0.3 is 10.1 Å². The van der Waals surface area contributed by atoms with Crippen molar-refractivity contribution in [1.29, 1.82) is 0 Å². The Kier molecular flexibility index (Phi) is 6.95. The lowest BCUT2D eigenvalue weighted by atomic mass is 10.1. The van der Waals surface area contributed by atoms with Crippen LogP contribution >= 0.6 is 46.0 Å². The molecule has 2 aromatic heterocycles. The number of carbonyl (C=O) groups excluding carboxylic acids is 2. The minimum atomic E-state index is -0.428. The summed E-state index contributed by atoms with van der Waals surface area (Å²) < 4.78 is 5.19. The van der Waals surface area contributed by atoms with E-state index < -0.39 is 5.97 Å². The van der Waals surface area contributed by atoms with Crippen LogP contribution < -0.4 is 5.32 Å². The molecule has 0 fully saturated rings. The van der Waals surface area contributed by atoms with Crippen molar-refractivity contribution in [2.45, 2.75) is 11.8 Å². The number of anilines is 1. The fraction of sp³-hybridized carbons (Fsp3) is 0.158. The molecular formula is C19H16ClNO3S3. The molecule has 0 aliphatic heterocycles. The third kappa shape index (κ3) is 5.13. The van der Waals surface area contributed by atoms with Crippen molar-refractivity contribution in [3.05, 3.63) is 57.7 Å². The molecule has 2 heterocycles. The Labute approximate surface area is 174 Å². The second-order valence-electron chi connectivity index (χ2n) is 5.34. The van der Waals surface area contributed by atoms with Crippen LogP contribution in [0, 0.1) is 0 Å². The van der Waals surface area contributed by atoms with Gasteiger partial charge in [-0.3, -0.25) is 4.79 Å². The number of hydrogen-bond donors (Lipinski definition) is 1. The van der Waals surface area contributed by atoms with Crippen LogP contribution in [0.1, 0.15) is 17.3 Å². The average Bonchev–Trinajstić information content (AvgIpc) is 3.31. The molecule has 0 unspecified atom stereocenters. The Bertz CT molecular complexity index is 920. The molecule has 4 nitrogen and oxygen atoms in total. The quantitative estimate of drug-likeness (QED) is 0.361. The monoisotopic (exact) mass is 437 g/mol. The third-order valence-electron chi connectivity index (χ3n) is 3.49. The summed E-state index contributed by atoms with van der Waals surface area (Å²) in [6.07, 6.45) is 0. The highest BCUT2D eigenvalue weighted by Crippen LogP contribution is 2.38. The summed E-state index contributed by atoms with van der Waals surface area (Å²) in [4.78, 5) is 26.7. The SMILES string of the molecule is CCOC(=O)c1c(-c2cccs2)csc1NC(=O)CSc1ccc(Cl)cc1. The maximum absolute atomic E-state index is 12.5. The normalized spacial score (nSPS) is 10.6. The lowest BCUT2D eigenvalue weighted by Gasteiger charge is -2.08. The molecule has 1 amide bonds. The van der Waals surface area contributed by atoms with E-state index in [2.05, 4.69) is 5.32 Å². The summed E-state index contributed by atoms with van der Waals surface area (Å²) in [5, 5.41) is 7.84. The van der Waals surface area contributed by atoms with Gasteiger partial charge in [0.05, 0.1) is 12.4 Å². The fourth-order valence-electron chi connectivity index (χ4n) is 2.31. The molecule has 27 heavy (non-hydrogen) atoms. The summed E-state index contributed by atoms with van der Waals surface area (Å²) in [7, 11) is 0. The molecule has 0 spiro atoms. The van der Waals surface area contributed by atoms with Crippen LogP contribution in [0.15, 0.2) is 52.1 Å². The molecule has 0 saturated carbocycles. The molecule has 8 heteroatoms. The van der Waals surface area contributed by atoms with E-state index in [4.69, 9.17) is 16.3 Å². The molecule has 1 aromatic carbocycles. The molecule has 0 aliphatic carbocycles. The summed E-state index contributed by atoms with van der Waals surface area (Å²) in [6.45, 7) is 2.04. The van der Waals surface area contributed by atoms with Gasteiger partial charge in [0, 0.05) is 25.7 Å². The molecular weight excluding hydrogens is 422 g/mol. The van der Waals surface area contributed by atoms with Gasteiger partial charge in [-0.1, -0.05) is 17.7 Å². The number of rotatable bonds is 7. The smallest absolute Gasteiger partial charge is 0.341 e. The van der Waals surface area contributed by atoms with E-state index >= 15 is 0 Å². The Morgan fingerprint density at radius 3 is 2.63 bits per heavy atom. The second-order valence-corrected chi connectivity index (χ2v) is 8.65. The second kappa shape index (κ2) is 9.41. The Morgan fingerprint density at radius 1 is 1.19 bits per heavy atom. The number of carbonyl (C=O) groups is 2. The van der Waals surface area contributed by atoms with Gasteiger partial charge in [0.15, 0.2) is 0 Å². The van der Waals surface area contributed by atoms with Gasteiger partial charge >= 0.3 is 5.97 Å². The van der Waals surface area contributed by atoms with Crippen LogP contribution in [0.3, 0.4) is 0 Å². The Balaban J connectivity index is 1.74. The van der Waals surface area contributed by atoms with Crippen LogP contribution in [-0.2, 0) is 9.53 Å². The molecule has 0 radical (unpaired) electrons. The van der Waals surface area contributed by atoms with E-state index in [0.29, 0.717) is 15.6 Å². The van der Waals surface area contributed by atoms with Crippen molar-refractivity contribution in [1.82, 2.24) is 0 Å². The molecule has 0 bridgehead atoms. The van der Waals surface area contributed by atoms with E-state index in [-0.39, 0.29) is 18.3 Å². The third-order valence-corrected chi connectivity index (χ3v) is 6.56. The molecule has 0 saturated heterocycles. The first-order chi connectivity index (χ1) is 13.1. The van der Waals surface area contributed by atoms with E-state index in [0.717, 1.165) is 15.3 Å². The molecule has 1 N–H and O–H groups in total. The number of hydrogen-bond acceptors (Lipinski definition) is 6. The number of esters is 1. The summed E-state index contributed by atoms with van der Waals surface area (Å²) in [5.41, 5.74) is 1.20. The van der Waals surface area contributed by atoms with Gasteiger partial charge in [-0.05, 0) is 42.6 Å². The minimum absolute atomic E-state index is 0.180. The van der Waals surface area contributed by atoms with E-state index in [1.165, 1.54) is 34.4 Å². The molecule has 3 aromatic rings. The van der Waals surface area contributed by atoms with Gasteiger partial charge in [0.1, 0.15) is 10.6 Å². The van der Waals surface area contributed by atoms with Crippen molar-refractivity contribution < 1.29 is 14.3 Å². The Hall–Kier alpha value is -1.80. The predicted octanol–water partition coefficient (Wildman–Crippen LogP) is 6.04. The minimum Gasteiger partial charge on any atom is -0.462 e. The van der Waals surface area contributed by atoms with Crippen LogP contribution in [-0.4, -0.2) is 24.2 Å². The maximum atomic E-state index is 12.5. The number of ether oxygens (including phenoxy) is 1. The lowest BCUT2D eigenvalue weighted by Crippen LogP contribution is -2.16. The zero-order valence-electron chi connectivity index (χ0n) is 14.4. The van der Waals surface area contributed by atoms with E-state index in [1.807, 2.05) is 35.0 Å². The standard InChI is InChI=1S/C19H16ClNO3S3/c1-2-24-19(23)17-14(15-4-3-9-25-15)10-27-18(17)21-16(22)11-26-13-7-5-12(20)6-8-13/h3-10H,2,11H2,1H3,(H,21,22). The maximum Gasteiger partial charge on any atom is 0.341 e. The number of benzene rings is 1. The fourth-order valence-corrected chi connectivity index (χ4v) is 4.92. The highest BCUT2D eigenvalue weighted by molar-refractivity contribution is 8.00. The molecule has 140 valence electrons. The first-order valence-corrected chi connectivity index (χ1v) is 11.2. The topological polar surface area (TPSA) is 55.4 Å². The molecule has 0 atom stereocenters. The number of nitrogens with one attached hydrogen (secondary N) is 1. The summed E-state index contributed by atoms with van der Waals surface area (Å²) in [5.74, 6) is -0.376. The van der Waals surface area contributed by atoms with Crippen molar-refractivity contribution in [2.75, 3.05) is 17.7 Å². The first-order valence-electron chi connectivity index (χ1n) is 8.09. The number of thioether (sulfide) groups is 1. The van der Waals surface area contributed by atoms with Gasteiger partial charge in [-0.15, -0.1) is 34.4 Å². The average molecular weight is 438 g/mol. The number of amides is 1. The van der Waals surface area contributed by atoms with Crippen molar-refractivity contribution in [3.8, 4) is 10.4 Å². The van der Waals surface area contributed by atoms with E-state index in [9.17, 15) is 9.59 Å². The number of halogens is 1. The lowest BCUT2D eigenvalue weighted by molar-refractivity contribution is -0.113.